The average molecular weight is 318 g/mol. The Kier molecular flexibility index (Phi) is 6.25. The minimum Gasteiger partial charge on any atom is -0.392 e. The molecule has 0 radical (unpaired) electrons. The van der Waals surface area contributed by atoms with Gasteiger partial charge in [-0.05, 0) is 37.6 Å². The molecule has 0 aliphatic heterocycles. The van der Waals surface area contributed by atoms with Crippen molar-refractivity contribution in [3.05, 3.63) is 30.1 Å². The van der Waals surface area contributed by atoms with Crippen LogP contribution in [0.5, 0.6) is 0 Å². The molecule has 0 aromatic heterocycles. The van der Waals surface area contributed by atoms with Crippen molar-refractivity contribution in [2.75, 3.05) is 6.54 Å². The van der Waals surface area contributed by atoms with Gasteiger partial charge in [0.1, 0.15) is 11.9 Å². The van der Waals surface area contributed by atoms with Gasteiger partial charge in [-0.1, -0.05) is 6.92 Å². The lowest BCUT2D eigenvalue weighted by Crippen LogP contribution is -2.47. The zero-order chi connectivity index (χ0) is 16.0. The van der Waals surface area contributed by atoms with Crippen LogP contribution in [0.2, 0.25) is 0 Å². The summed E-state index contributed by atoms with van der Waals surface area (Å²) >= 11 is 0. The van der Waals surface area contributed by atoms with Crippen LogP contribution in [-0.2, 0) is 14.8 Å². The van der Waals surface area contributed by atoms with Gasteiger partial charge in [0.2, 0.25) is 15.9 Å². The lowest BCUT2D eigenvalue weighted by Gasteiger charge is -2.17. The van der Waals surface area contributed by atoms with Crippen LogP contribution in [0.1, 0.15) is 20.3 Å². The van der Waals surface area contributed by atoms with Crippen LogP contribution in [0.15, 0.2) is 29.2 Å². The molecular formula is C13H19FN2O4S. The highest BCUT2D eigenvalue weighted by Crippen LogP contribution is 2.11. The van der Waals surface area contributed by atoms with Crippen molar-refractivity contribution in [2.45, 2.75) is 37.3 Å². The van der Waals surface area contributed by atoms with Gasteiger partial charge in [0.25, 0.3) is 0 Å². The molecule has 21 heavy (non-hydrogen) atoms. The molecule has 0 saturated carbocycles. The van der Waals surface area contributed by atoms with Gasteiger partial charge >= 0.3 is 0 Å². The number of aliphatic hydroxyl groups excluding tert-OH is 1. The maximum absolute atomic E-state index is 12.8. The van der Waals surface area contributed by atoms with Crippen LogP contribution in [-0.4, -0.2) is 38.1 Å². The Morgan fingerprint density at radius 1 is 1.33 bits per heavy atom. The predicted molar refractivity (Wildman–Crippen MR) is 75.5 cm³/mol. The van der Waals surface area contributed by atoms with Gasteiger partial charge in [0.05, 0.1) is 11.0 Å². The van der Waals surface area contributed by atoms with Gasteiger partial charge in [0.15, 0.2) is 0 Å². The zero-order valence-electron chi connectivity index (χ0n) is 11.8. The van der Waals surface area contributed by atoms with E-state index in [1.807, 2.05) is 0 Å². The molecule has 0 fully saturated rings. The lowest BCUT2D eigenvalue weighted by atomic mass is 10.2. The SMILES string of the molecule is CCC(NS(=O)(=O)c1ccc(F)cc1)C(=O)NCC(C)O. The summed E-state index contributed by atoms with van der Waals surface area (Å²) in [5, 5.41) is 11.5. The third-order valence-corrected chi connectivity index (χ3v) is 4.21. The largest absolute Gasteiger partial charge is 0.392 e. The van der Waals surface area contributed by atoms with Crippen molar-refractivity contribution in [1.29, 1.82) is 0 Å². The molecule has 6 nitrogen and oxygen atoms in total. The fourth-order valence-electron chi connectivity index (χ4n) is 1.56. The Morgan fingerprint density at radius 2 is 1.90 bits per heavy atom. The Bertz CT molecular complexity index is 572. The molecule has 0 aliphatic carbocycles. The van der Waals surface area contributed by atoms with Gasteiger partial charge in [-0.15, -0.1) is 0 Å². The monoisotopic (exact) mass is 318 g/mol. The van der Waals surface area contributed by atoms with E-state index in [9.17, 15) is 17.6 Å². The second-order valence-corrected chi connectivity index (χ2v) is 6.34. The first-order valence-electron chi connectivity index (χ1n) is 6.50. The van der Waals surface area contributed by atoms with E-state index < -0.39 is 33.9 Å². The summed E-state index contributed by atoms with van der Waals surface area (Å²) in [6.07, 6.45) is -0.480. The van der Waals surface area contributed by atoms with Gasteiger partial charge in [-0.25, -0.2) is 12.8 Å². The number of hydrogen-bond acceptors (Lipinski definition) is 4. The van der Waals surface area contributed by atoms with Crippen molar-refractivity contribution >= 4 is 15.9 Å². The Hall–Kier alpha value is -1.51. The molecule has 118 valence electrons. The van der Waals surface area contributed by atoms with Crippen LogP contribution in [0.4, 0.5) is 4.39 Å². The number of halogens is 1. The van der Waals surface area contributed by atoms with Gasteiger partial charge in [0, 0.05) is 6.54 Å². The summed E-state index contributed by atoms with van der Waals surface area (Å²) in [5.74, 6) is -1.07. The van der Waals surface area contributed by atoms with Crippen LogP contribution >= 0.6 is 0 Å². The summed E-state index contributed by atoms with van der Waals surface area (Å²) in [7, 11) is -3.91. The fraction of sp³-hybridized carbons (Fsp3) is 0.462. The first kappa shape index (κ1) is 17.5. The molecule has 0 bridgehead atoms. The number of aliphatic hydroxyl groups is 1. The summed E-state index contributed by atoms with van der Waals surface area (Å²) in [6, 6.07) is 3.35. The van der Waals surface area contributed by atoms with E-state index in [2.05, 4.69) is 10.0 Å². The normalized spacial score (nSPS) is 14.5. The highest BCUT2D eigenvalue weighted by atomic mass is 32.2. The fourth-order valence-corrected chi connectivity index (χ4v) is 2.84. The number of carbonyl (C=O) groups excluding carboxylic acids is 1. The third-order valence-electron chi connectivity index (χ3n) is 2.72. The molecule has 1 aromatic carbocycles. The molecule has 0 aliphatic rings. The highest BCUT2D eigenvalue weighted by molar-refractivity contribution is 7.89. The minimum atomic E-state index is -3.91. The molecule has 1 aromatic rings. The van der Waals surface area contributed by atoms with E-state index in [1.54, 1.807) is 6.92 Å². The summed E-state index contributed by atoms with van der Waals surface area (Å²) in [5.41, 5.74) is 0. The molecule has 2 unspecified atom stereocenters. The molecule has 0 saturated heterocycles. The summed E-state index contributed by atoms with van der Waals surface area (Å²) in [4.78, 5) is 11.7. The van der Waals surface area contributed by atoms with E-state index in [0.717, 1.165) is 24.3 Å². The van der Waals surface area contributed by atoms with Crippen LogP contribution < -0.4 is 10.0 Å². The second kappa shape index (κ2) is 7.48. The van der Waals surface area contributed by atoms with Crippen LogP contribution in [0, 0.1) is 5.82 Å². The first-order valence-corrected chi connectivity index (χ1v) is 7.98. The Balaban J connectivity index is 2.79. The molecule has 2 atom stereocenters. The molecule has 1 rings (SSSR count). The number of nitrogens with one attached hydrogen (secondary N) is 2. The molecule has 1 amide bonds. The standard InChI is InChI=1S/C13H19FN2O4S/c1-3-12(13(18)15-8-9(2)17)16-21(19,20)11-6-4-10(14)5-7-11/h4-7,9,12,16-17H,3,8H2,1-2H3,(H,15,18). The third kappa shape index (κ3) is 5.41. The number of carbonyl (C=O) groups is 1. The minimum absolute atomic E-state index is 0.0353. The van der Waals surface area contributed by atoms with E-state index in [4.69, 9.17) is 5.11 Å². The lowest BCUT2D eigenvalue weighted by molar-refractivity contribution is -0.123. The van der Waals surface area contributed by atoms with Gasteiger partial charge in [-0.2, -0.15) is 4.72 Å². The second-order valence-electron chi connectivity index (χ2n) is 4.63. The molecular weight excluding hydrogens is 299 g/mol. The van der Waals surface area contributed by atoms with Crippen molar-refractivity contribution in [3.8, 4) is 0 Å². The maximum Gasteiger partial charge on any atom is 0.241 e. The van der Waals surface area contributed by atoms with Crippen molar-refractivity contribution in [1.82, 2.24) is 10.0 Å². The quantitative estimate of drug-likeness (QED) is 0.677. The Labute approximate surface area is 123 Å². The average Bonchev–Trinajstić information content (AvgIpc) is 2.42. The molecule has 3 N–H and O–H groups in total. The molecule has 0 heterocycles. The van der Waals surface area contributed by atoms with Crippen molar-refractivity contribution in [2.24, 2.45) is 0 Å². The number of amides is 1. The van der Waals surface area contributed by atoms with Gasteiger partial charge in [-0.3, -0.25) is 4.79 Å². The van der Waals surface area contributed by atoms with Gasteiger partial charge < -0.3 is 10.4 Å². The summed E-state index contributed by atoms with van der Waals surface area (Å²) in [6.45, 7) is 3.19. The smallest absolute Gasteiger partial charge is 0.241 e. The molecule has 8 heteroatoms. The zero-order valence-corrected chi connectivity index (χ0v) is 12.7. The number of sulfonamides is 1. The number of hydrogen-bond donors (Lipinski definition) is 3. The van der Waals surface area contributed by atoms with Crippen molar-refractivity contribution < 1.29 is 22.7 Å². The van der Waals surface area contributed by atoms with E-state index >= 15 is 0 Å². The highest BCUT2D eigenvalue weighted by Gasteiger charge is 2.24. The first-order chi connectivity index (χ1) is 9.76. The van der Waals surface area contributed by atoms with Crippen molar-refractivity contribution in [3.63, 3.8) is 0 Å². The maximum atomic E-state index is 12.8. The Morgan fingerprint density at radius 3 is 2.38 bits per heavy atom. The number of benzene rings is 1. The topological polar surface area (TPSA) is 95.5 Å². The predicted octanol–water partition coefficient (Wildman–Crippen LogP) is 0.380. The van der Waals surface area contributed by atoms with Crippen LogP contribution in [0.25, 0.3) is 0 Å². The van der Waals surface area contributed by atoms with E-state index in [-0.39, 0.29) is 17.9 Å². The number of rotatable bonds is 7. The van der Waals surface area contributed by atoms with E-state index in [1.165, 1.54) is 6.92 Å². The molecule has 0 spiro atoms. The van der Waals surface area contributed by atoms with E-state index in [0.29, 0.717) is 0 Å². The summed E-state index contributed by atoms with van der Waals surface area (Å²) < 4.78 is 39.2. The van der Waals surface area contributed by atoms with Crippen LogP contribution in [0.3, 0.4) is 0 Å².